The van der Waals surface area contributed by atoms with Crippen molar-refractivity contribution in [2.24, 2.45) is 5.92 Å². The van der Waals surface area contributed by atoms with Gasteiger partial charge in [-0.3, -0.25) is 9.59 Å². The molecule has 0 bridgehead atoms. The van der Waals surface area contributed by atoms with E-state index in [0.717, 1.165) is 48.8 Å². The average Bonchev–Trinajstić information content (AvgIpc) is 2.99. The molecule has 0 saturated carbocycles. The van der Waals surface area contributed by atoms with Gasteiger partial charge in [-0.1, -0.05) is 6.07 Å². The number of aromatic nitrogens is 2. The molecule has 1 saturated heterocycles. The summed E-state index contributed by atoms with van der Waals surface area (Å²) in [4.78, 5) is 41.8. The fraction of sp³-hybridized carbons (Fsp3) is 0.526. The van der Waals surface area contributed by atoms with Crippen LogP contribution >= 0.6 is 0 Å². The average molecular weight is 359 g/mol. The van der Waals surface area contributed by atoms with Gasteiger partial charge in [0.1, 0.15) is 0 Å². The van der Waals surface area contributed by atoms with Crippen molar-refractivity contribution in [3.63, 3.8) is 0 Å². The quantitative estimate of drug-likeness (QED) is 0.705. The summed E-state index contributed by atoms with van der Waals surface area (Å²) in [5.74, 6) is -0.313. The van der Waals surface area contributed by atoms with E-state index in [9.17, 15) is 14.4 Å². The normalized spacial score (nSPS) is 17.5. The second-order valence-corrected chi connectivity index (χ2v) is 7.09. The Hall–Kier alpha value is -2.57. The van der Waals surface area contributed by atoms with E-state index in [2.05, 4.69) is 9.97 Å². The molecule has 1 fully saturated rings. The van der Waals surface area contributed by atoms with Gasteiger partial charge in [-0.15, -0.1) is 0 Å². The van der Waals surface area contributed by atoms with Gasteiger partial charge in [0.25, 0.3) is 0 Å². The number of carbonyl (C=O) groups is 2. The van der Waals surface area contributed by atoms with Crippen molar-refractivity contribution >= 4 is 22.9 Å². The molecular formula is C19H25N3O4. The number of nitrogens with one attached hydrogen (secondary N) is 2. The number of aliphatic carboxylic acids is 1. The third kappa shape index (κ3) is 4.74. The molecule has 1 aromatic heterocycles. The van der Waals surface area contributed by atoms with Crippen LogP contribution in [0.4, 0.5) is 0 Å². The molecule has 3 rings (SSSR count). The van der Waals surface area contributed by atoms with Crippen molar-refractivity contribution in [2.75, 3.05) is 13.1 Å². The van der Waals surface area contributed by atoms with E-state index in [4.69, 9.17) is 5.11 Å². The molecule has 0 aliphatic carbocycles. The van der Waals surface area contributed by atoms with Crippen molar-refractivity contribution < 1.29 is 14.7 Å². The maximum atomic E-state index is 12.4. The van der Waals surface area contributed by atoms with Gasteiger partial charge in [0.05, 0.1) is 11.0 Å². The molecule has 7 nitrogen and oxygen atoms in total. The Kier molecular flexibility index (Phi) is 5.75. The first-order valence-electron chi connectivity index (χ1n) is 9.22. The van der Waals surface area contributed by atoms with Crippen molar-refractivity contribution in [2.45, 2.75) is 44.9 Å². The molecule has 0 spiro atoms. The predicted molar refractivity (Wildman–Crippen MR) is 98.0 cm³/mol. The number of rotatable bonds is 7. The van der Waals surface area contributed by atoms with Crippen molar-refractivity contribution in [1.82, 2.24) is 14.9 Å². The van der Waals surface area contributed by atoms with Crippen molar-refractivity contribution in [3.8, 4) is 0 Å². The molecule has 1 atom stereocenters. The fourth-order valence-corrected chi connectivity index (χ4v) is 3.69. The molecule has 26 heavy (non-hydrogen) atoms. The number of carbonyl (C=O) groups excluding carboxylic acids is 1. The Morgan fingerprint density at radius 2 is 2.00 bits per heavy atom. The van der Waals surface area contributed by atoms with Crippen LogP contribution in [0.2, 0.25) is 0 Å². The lowest BCUT2D eigenvalue weighted by Gasteiger charge is -2.32. The van der Waals surface area contributed by atoms with Gasteiger partial charge < -0.3 is 20.0 Å². The topological polar surface area (TPSA) is 106 Å². The minimum Gasteiger partial charge on any atom is -0.481 e. The Morgan fingerprint density at radius 3 is 2.81 bits per heavy atom. The van der Waals surface area contributed by atoms with Crippen molar-refractivity contribution in [3.05, 3.63) is 34.2 Å². The number of amides is 1. The second kappa shape index (κ2) is 8.21. The Labute approximate surface area is 151 Å². The Morgan fingerprint density at radius 1 is 1.19 bits per heavy atom. The number of fused-ring (bicyclic) bond motifs is 1. The van der Waals surface area contributed by atoms with Crippen LogP contribution < -0.4 is 5.69 Å². The number of carboxylic acid groups (broad SMARTS) is 1. The first-order valence-corrected chi connectivity index (χ1v) is 9.22. The van der Waals surface area contributed by atoms with Crippen LogP contribution in [0.3, 0.4) is 0 Å². The van der Waals surface area contributed by atoms with Crippen LogP contribution in [-0.4, -0.2) is 44.9 Å². The number of benzene rings is 1. The number of aromatic amines is 2. The van der Waals surface area contributed by atoms with Gasteiger partial charge in [0.15, 0.2) is 0 Å². The zero-order valence-corrected chi connectivity index (χ0v) is 14.8. The zero-order chi connectivity index (χ0) is 18.5. The van der Waals surface area contributed by atoms with Crippen LogP contribution in [0.5, 0.6) is 0 Å². The predicted octanol–water partition coefficient (Wildman–Crippen LogP) is 2.28. The standard InChI is InChI=1S/C19H25N3O4/c23-17(22-10-2-4-14(12-22)7-9-18(24)25)5-1-3-13-6-8-15-16(11-13)21-19(26)20-15/h6,8,11,14H,1-5,7,9-10,12H2,(H,24,25)(H2,20,21,26). The van der Waals surface area contributed by atoms with E-state index in [0.29, 0.717) is 25.3 Å². The summed E-state index contributed by atoms with van der Waals surface area (Å²) in [5, 5.41) is 8.81. The van der Waals surface area contributed by atoms with Crippen LogP contribution in [0.1, 0.15) is 44.1 Å². The smallest absolute Gasteiger partial charge is 0.323 e. The summed E-state index contributed by atoms with van der Waals surface area (Å²) in [6.45, 7) is 1.46. The zero-order valence-electron chi connectivity index (χ0n) is 14.8. The van der Waals surface area contributed by atoms with Crippen LogP contribution in [-0.2, 0) is 16.0 Å². The van der Waals surface area contributed by atoms with E-state index in [-0.39, 0.29) is 18.0 Å². The first-order chi connectivity index (χ1) is 12.5. The Balaban J connectivity index is 1.46. The van der Waals surface area contributed by atoms with E-state index in [1.807, 2.05) is 23.1 Å². The first kappa shape index (κ1) is 18.2. The summed E-state index contributed by atoms with van der Waals surface area (Å²) in [6.07, 6.45) is 4.82. The van der Waals surface area contributed by atoms with Gasteiger partial charge in [-0.25, -0.2) is 4.79 Å². The number of likely N-dealkylation sites (tertiary alicyclic amines) is 1. The summed E-state index contributed by atoms with van der Waals surface area (Å²) < 4.78 is 0. The lowest BCUT2D eigenvalue weighted by Crippen LogP contribution is -2.40. The molecule has 1 aliphatic heterocycles. The van der Waals surface area contributed by atoms with Gasteiger partial charge in [0.2, 0.25) is 5.91 Å². The minimum atomic E-state index is -0.769. The molecule has 1 amide bonds. The summed E-state index contributed by atoms with van der Waals surface area (Å²) in [5.41, 5.74) is 2.46. The maximum Gasteiger partial charge on any atom is 0.323 e. The van der Waals surface area contributed by atoms with Crippen LogP contribution in [0.25, 0.3) is 11.0 Å². The maximum absolute atomic E-state index is 12.4. The molecule has 3 N–H and O–H groups in total. The molecule has 1 aliphatic rings. The van der Waals surface area contributed by atoms with Gasteiger partial charge >= 0.3 is 11.7 Å². The highest BCUT2D eigenvalue weighted by Crippen LogP contribution is 2.22. The number of piperidine rings is 1. The van der Waals surface area contributed by atoms with Crippen LogP contribution in [0, 0.1) is 5.92 Å². The minimum absolute atomic E-state index is 0.154. The summed E-state index contributed by atoms with van der Waals surface area (Å²) >= 11 is 0. The number of aryl methyl sites for hydroxylation is 1. The molecule has 7 heteroatoms. The highest BCUT2D eigenvalue weighted by Gasteiger charge is 2.23. The molecule has 140 valence electrons. The van der Waals surface area contributed by atoms with E-state index >= 15 is 0 Å². The van der Waals surface area contributed by atoms with E-state index in [1.165, 1.54) is 0 Å². The lowest BCUT2D eigenvalue weighted by atomic mass is 9.93. The third-order valence-electron chi connectivity index (χ3n) is 5.07. The second-order valence-electron chi connectivity index (χ2n) is 7.09. The summed E-state index contributed by atoms with van der Waals surface area (Å²) in [6, 6.07) is 5.79. The fourth-order valence-electron chi connectivity index (χ4n) is 3.69. The number of H-pyrrole nitrogens is 2. The molecule has 2 heterocycles. The molecule has 0 radical (unpaired) electrons. The number of carboxylic acids is 1. The largest absolute Gasteiger partial charge is 0.481 e. The molecule has 1 aromatic carbocycles. The van der Waals surface area contributed by atoms with E-state index in [1.54, 1.807) is 0 Å². The highest BCUT2D eigenvalue weighted by atomic mass is 16.4. The number of nitrogens with zero attached hydrogens (tertiary/aromatic N) is 1. The van der Waals surface area contributed by atoms with Crippen LogP contribution in [0.15, 0.2) is 23.0 Å². The summed E-state index contributed by atoms with van der Waals surface area (Å²) in [7, 11) is 0. The molecular weight excluding hydrogens is 334 g/mol. The van der Waals surface area contributed by atoms with Gasteiger partial charge in [0, 0.05) is 25.9 Å². The number of imidazole rings is 1. The SMILES string of the molecule is O=C(O)CCC1CCCN(C(=O)CCCc2ccc3[nH]c(=O)[nH]c3c2)C1. The number of hydrogen-bond donors (Lipinski definition) is 3. The Bertz CT molecular complexity index is 839. The van der Waals surface area contributed by atoms with E-state index < -0.39 is 5.97 Å². The third-order valence-corrected chi connectivity index (χ3v) is 5.07. The van der Waals surface area contributed by atoms with Gasteiger partial charge in [-0.05, 0) is 55.7 Å². The monoisotopic (exact) mass is 359 g/mol. The number of hydrogen-bond acceptors (Lipinski definition) is 3. The molecule has 2 aromatic rings. The van der Waals surface area contributed by atoms with Gasteiger partial charge in [-0.2, -0.15) is 0 Å². The highest BCUT2D eigenvalue weighted by molar-refractivity contribution is 5.76. The lowest BCUT2D eigenvalue weighted by molar-refractivity contribution is -0.137. The van der Waals surface area contributed by atoms with Crippen molar-refractivity contribution in [1.29, 1.82) is 0 Å². The molecule has 1 unspecified atom stereocenters.